The van der Waals surface area contributed by atoms with Gasteiger partial charge in [-0.2, -0.15) is 0 Å². The normalized spacial score (nSPS) is 24.2. The topological polar surface area (TPSA) is 38.3 Å². The first kappa shape index (κ1) is 16.5. The summed E-state index contributed by atoms with van der Waals surface area (Å²) in [4.78, 5) is 12.8. The average molecular weight is 356 g/mol. The Labute approximate surface area is 153 Å². The maximum absolute atomic E-state index is 12.8. The van der Waals surface area contributed by atoms with Crippen molar-refractivity contribution in [3.8, 4) is 5.75 Å². The Morgan fingerprint density at radius 2 is 2.00 bits per heavy atom. The molecular weight excluding hydrogens is 334 g/mol. The van der Waals surface area contributed by atoms with Crippen molar-refractivity contribution >= 4 is 17.5 Å². The minimum atomic E-state index is 0.0251. The van der Waals surface area contributed by atoms with E-state index >= 15 is 0 Å². The molecule has 25 heavy (non-hydrogen) atoms. The van der Waals surface area contributed by atoms with E-state index in [9.17, 15) is 4.79 Å². The van der Waals surface area contributed by atoms with Crippen molar-refractivity contribution in [1.82, 2.24) is 5.32 Å². The zero-order valence-corrected chi connectivity index (χ0v) is 15.3. The van der Waals surface area contributed by atoms with Crippen LogP contribution in [0.25, 0.3) is 0 Å². The maximum atomic E-state index is 12.8. The van der Waals surface area contributed by atoms with Crippen molar-refractivity contribution < 1.29 is 9.53 Å². The molecule has 2 aromatic carbocycles. The number of benzene rings is 2. The first-order valence-electron chi connectivity index (χ1n) is 8.83. The van der Waals surface area contributed by atoms with E-state index in [0.29, 0.717) is 6.61 Å². The summed E-state index contributed by atoms with van der Waals surface area (Å²) in [5.74, 6) is 1.33. The highest BCUT2D eigenvalue weighted by molar-refractivity contribution is 6.31. The zero-order valence-electron chi connectivity index (χ0n) is 14.5. The number of halogens is 1. The summed E-state index contributed by atoms with van der Waals surface area (Å²) in [6.07, 6.45) is 1.68. The fourth-order valence-electron chi connectivity index (χ4n) is 3.91. The van der Waals surface area contributed by atoms with Gasteiger partial charge in [0.1, 0.15) is 5.75 Å². The molecule has 2 aliphatic rings. The highest BCUT2D eigenvalue weighted by Crippen LogP contribution is 2.50. The van der Waals surface area contributed by atoms with Crippen molar-refractivity contribution in [3.05, 3.63) is 63.7 Å². The van der Waals surface area contributed by atoms with Crippen LogP contribution in [0, 0.1) is 19.8 Å². The lowest BCUT2D eigenvalue weighted by atomic mass is 9.95. The van der Waals surface area contributed by atoms with Crippen LogP contribution in [-0.2, 0) is 4.79 Å². The molecule has 1 aliphatic carbocycles. The summed E-state index contributed by atoms with van der Waals surface area (Å²) in [5, 5.41) is 4.00. The van der Waals surface area contributed by atoms with E-state index < -0.39 is 0 Å². The molecule has 1 aliphatic heterocycles. The van der Waals surface area contributed by atoms with Crippen molar-refractivity contribution in [2.24, 2.45) is 5.92 Å². The van der Waals surface area contributed by atoms with Gasteiger partial charge in [-0.3, -0.25) is 4.79 Å². The molecule has 3 nitrogen and oxygen atoms in total. The molecule has 4 rings (SSSR count). The zero-order chi connectivity index (χ0) is 17.6. The molecule has 1 amide bonds. The van der Waals surface area contributed by atoms with Gasteiger partial charge in [-0.05, 0) is 43.4 Å². The number of carbonyl (C=O) groups excluding carboxylic acids is 1. The van der Waals surface area contributed by atoms with Crippen molar-refractivity contribution in [1.29, 1.82) is 0 Å². The number of rotatable bonds is 3. The van der Waals surface area contributed by atoms with E-state index in [-0.39, 0.29) is 23.8 Å². The monoisotopic (exact) mass is 355 g/mol. The third kappa shape index (κ3) is 3.13. The van der Waals surface area contributed by atoms with Crippen LogP contribution in [0.3, 0.4) is 0 Å². The Bertz CT molecular complexity index is 833. The van der Waals surface area contributed by atoms with Crippen LogP contribution in [0.15, 0.2) is 36.4 Å². The van der Waals surface area contributed by atoms with Gasteiger partial charge < -0.3 is 10.1 Å². The quantitative estimate of drug-likeness (QED) is 0.866. The van der Waals surface area contributed by atoms with Crippen LogP contribution < -0.4 is 10.1 Å². The largest absolute Gasteiger partial charge is 0.493 e. The van der Waals surface area contributed by atoms with E-state index in [4.69, 9.17) is 16.3 Å². The second-order valence-corrected chi connectivity index (χ2v) is 7.58. The number of carbonyl (C=O) groups is 1. The van der Waals surface area contributed by atoms with Crippen molar-refractivity contribution in [2.75, 3.05) is 6.61 Å². The second-order valence-electron chi connectivity index (χ2n) is 7.17. The van der Waals surface area contributed by atoms with E-state index in [1.54, 1.807) is 0 Å². The molecule has 130 valence electrons. The molecule has 1 heterocycles. The summed E-state index contributed by atoms with van der Waals surface area (Å²) in [6, 6.07) is 12.1. The van der Waals surface area contributed by atoms with Gasteiger partial charge in [0.2, 0.25) is 5.91 Å². The summed E-state index contributed by atoms with van der Waals surface area (Å²) in [6.45, 7) is 4.78. The van der Waals surface area contributed by atoms with E-state index in [1.807, 2.05) is 24.3 Å². The highest BCUT2D eigenvalue weighted by Gasteiger charge is 2.45. The van der Waals surface area contributed by atoms with Gasteiger partial charge in [0.25, 0.3) is 0 Å². The van der Waals surface area contributed by atoms with Gasteiger partial charge in [0, 0.05) is 22.9 Å². The second kappa shape index (κ2) is 6.38. The van der Waals surface area contributed by atoms with Crippen LogP contribution in [-0.4, -0.2) is 12.5 Å². The summed E-state index contributed by atoms with van der Waals surface area (Å²) < 4.78 is 5.83. The van der Waals surface area contributed by atoms with E-state index in [2.05, 4.69) is 31.3 Å². The lowest BCUT2D eigenvalue weighted by molar-refractivity contribution is -0.123. The van der Waals surface area contributed by atoms with Gasteiger partial charge >= 0.3 is 0 Å². The predicted octanol–water partition coefficient (Wildman–Crippen LogP) is 4.70. The Hall–Kier alpha value is -2.00. The fraction of sp³-hybridized carbons (Fsp3) is 0.381. The SMILES string of the molecule is Cc1cc(C)c2c(c1)C(NC(=O)C1CC1c1ccccc1Cl)CCO2. The molecule has 2 aromatic rings. The lowest BCUT2D eigenvalue weighted by Gasteiger charge is -2.28. The number of ether oxygens (including phenoxy) is 1. The van der Waals surface area contributed by atoms with Crippen LogP contribution in [0.2, 0.25) is 5.02 Å². The number of fused-ring (bicyclic) bond motifs is 1. The highest BCUT2D eigenvalue weighted by atomic mass is 35.5. The smallest absolute Gasteiger partial charge is 0.224 e. The van der Waals surface area contributed by atoms with Gasteiger partial charge in [0.15, 0.2) is 0 Å². The molecule has 0 aromatic heterocycles. The van der Waals surface area contributed by atoms with Crippen molar-refractivity contribution in [2.45, 2.75) is 38.6 Å². The number of hydrogen-bond acceptors (Lipinski definition) is 2. The lowest BCUT2D eigenvalue weighted by Crippen LogP contribution is -2.33. The molecule has 1 saturated carbocycles. The molecule has 4 heteroatoms. The molecule has 1 N–H and O–H groups in total. The molecule has 0 radical (unpaired) electrons. The third-order valence-electron chi connectivity index (χ3n) is 5.22. The summed E-state index contributed by atoms with van der Waals surface area (Å²) in [7, 11) is 0. The van der Waals surface area contributed by atoms with Crippen LogP contribution in [0.1, 0.15) is 47.1 Å². The van der Waals surface area contributed by atoms with Gasteiger partial charge in [-0.1, -0.05) is 47.5 Å². The van der Waals surface area contributed by atoms with Crippen molar-refractivity contribution in [3.63, 3.8) is 0 Å². The Morgan fingerprint density at radius 3 is 2.80 bits per heavy atom. The minimum absolute atomic E-state index is 0.0251. The first-order chi connectivity index (χ1) is 12.0. The molecule has 1 fully saturated rings. The number of nitrogens with one attached hydrogen (secondary N) is 1. The van der Waals surface area contributed by atoms with Gasteiger partial charge in [-0.25, -0.2) is 0 Å². The molecule has 3 atom stereocenters. The Kier molecular flexibility index (Phi) is 4.20. The minimum Gasteiger partial charge on any atom is -0.493 e. The molecule has 0 spiro atoms. The Morgan fingerprint density at radius 1 is 1.20 bits per heavy atom. The standard InChI is InChI=1S/C21H22ClNO2/c1-12-9-13(2)20-17(10-12)19(7-8-25-20)23-21(24)16-11-15(16)14-5-3-4-6-18(14)22/h3-6,9-10,15-16,19H,7-8,11H2,1-2H3,(H,23,24). The molecular formula is C21H22ClNO2. The third-order valence-corrected chi connectivity index (χ3v) is 5.57. The molecule has 0 saturated heterocycles. The van der Waals surface area contributed by atoms with E-state index in [0.717, 1.165) is 40.3 Å². The van der Waals surface area contributed by atoms with Crippen LogP contribution in [0.5, 0.6) is 5.75 Å². The maximum Gasteiger partial charge on any atom is 0.224 e. The predicted molar refractivity (Wildman–Crippen MR) is 99.2 cm³/mol. The van der Waals surface area contributed by atoms with Crippen LogP contribution >= 0.6 is 11.6 Å². The van der Waals surface area contributed by atoms with Gasteiger partial charge in [-0.15, -0.1) is 0 Å². The fourth-order valence-corrected chi connectivity index (χ4v) is 4.19. The molecule has 0 bridgehead atoms. The molecule has 3 unspecified atom stereocenters. The number of aryl methyl sites for hydroxylation is 2. The van der Waals surface area contributed by atoms with E-state index in [1.165, 1.54) is 5.56 Å². The summed E-state index contributed by atoms with van der Waals surface area (Å²) in [5.41, 5.74) is 4.52. The summed E-state index contributed by atoms with van der Waals surface area (Å²) >= 11 is 6.27. The Balaban J connectivity index is 1.50. The number of amides is 1. The van der Waals surface area contributed by atoms with Crippen LogP contribution in [0.4, 0.5) is 0 Å². The van der Waals surface area contributed by atoms with Gasteiger partial charge in [0.05, 0.1) is 12.6 Å². The number of hydrogen-bond donors (Lipinski definition) is 1. The first-order valence-corrected chi connectivity index (χ1v) is 9.21. The average Bonchev–Trinajstić information content (AvgIpc) is 3.36.